The summed E-state index contributed by atoms with van der Waals surface area (Å²) < 4.78 is 18.4. The monoisotopic (exact) mass is 464 g/mol. The van der Waals surface area contributed by atoms with Crippen LogP contribution in [-0.2, 0) is 0 Å². The van der Waals surface area contributed by atoms with Gasteiger partial charge in [-0.1, -0.05) is 29.5 Å². The third-order valence-electron chi connectivity index (χ3n) is 4.86. The van der Waals surface area contributed by atoms with Crippen LogP contribution in [0.5, 0.6) is 17.2 Å². The summed E-state index contributed by atoms with van der Waals surface area (Å²) in [6, 6.07) is 18.9. The van der Waals surface area contributed by atoms with Crippen molar-refractivity contribution in [2.24, 2.45) is 0 Å². The summed E-state index contributed by atoms with van der Waals surface area (Å²) in [6.45, 7) is 2.85. The Morgan fingerprint density at radius 1 is 1.09 bits per heavy atom. The van der Waals surface area contributed by atoms with E-state index in [0.717, 1.165) is 31.7 Å². The number of fused-ring (bicyclic) bond motifs is 2. The molecule has 1 aromatic heterocycles. The number of benzene rings is 3. The number of carbonyl (C=O) groups excluding carboxylic acids is 1. The Bertz CT molecular complexity index is 1270. The highest BCUT2D eigenvalue weighted by Gasteiger charge is 2.16. The molecule has 1 N–H and O–H groups in total. The van der Waals surface area contributed by atoms with E-state index >= 15 is 0 Å². The molecular weight excluding hydrogens is 444 g/mol. The van der Waals surface area contributed by atoms with Gasteiger partial charge in [-0.15, -0.1) is 11.3 Å². The first-order valence-electron chi connectivity index (χ1n) is 10.1. The molecule has 0 saturated heterocycles. The smallest absolute Gasteiger partial charge is 0.255 e. The van der Waals surface area contributed by atoms with Gasteiger partial charge in [-0.3, -0.25) is 4.79 Å². The van der Waals surface area contributed by atoms with Crippen LogP contribution in [0.1, 0.15) is 15.9 Å². The normalized spacial score (nSPS) is 12.2. The zero-order chi connectivity index (χ0) is 21.9. The fourth-order valence-electron chi connectivity index (χ4n) is 3.21. The van der Waals surface area contributed by atoms with Gasteiger partial charge in [0, 0.05) is 17.0 Å². The fourth-order valence-corrected chi connectivity index (χ4v) is 5.20. The topological polar surface area (TPSA) is 69.7 Å². The minimum atomic E-state index is -0.199. The minimum Gasteiger partial charge on any atom is -0.493 e. The SMILES string of the molecule is Cc1ccc(OCCSc2nc3ccc(NC(=O)c4ccc5c(c4)OCO5)cc3s2)cc1. The molecule has 8 heteroatoms. The Morgan fingerprint density at radius 2 is 1.94 bits per heavy atom. The number of anilines is 1. The van der Waals surface area contributed by atoms with Crippen molar-refractivity contribution in [3.63, 3.8) is 0 Å². The van der Waals surface area contributed by atoms with Gasteiger partial charge in [-0.05, 0) is 55.5 Å². The highest BCUT2D eigenvalue weighted by molar-refractivity contribution is 8.01. The van der Waals surface area contributed by atoms with Gasteiger partial charge < -0.3 is 19.5 Å². The molecule has 0 unspecified atom stereocenters. The van der Waals surface area contributed by atoms with Crippen molar-refractivity contribution in [2.75, 3.05) is 24.5 Å². The minimum absolute atomic E-state index is 0.181. The number of ether oxygens (including phenoxy) is 3. The molecule has 1 aliphatic heterocycles. The number of aryl methyl sites for hydroxylation is 1. The number of nitrogens with one attached hydrogen (secondary N) is 1. The van der Waals surface area contributed by atoms with Crippen molar-refractivity contribution >= 4 is 44.9 Å². The molecule has 32 heavy (non-hydrogen) atoms. The number of rotatable bonds is 7. The van der Waals surface area contributed by atoms with Crippen molar-refractivity contribution in [1.82, 2.24) is 4.98 Å². The molecule has 0 fully saturated rings. The van der Waals surface area contributed by atoms with Gasteiger partial charge >= 0.3 is 0 Å². The zero-order valence-corrected chi connectivity index (χ0v) is 18.9. The molecule has 1 aliphatic rings. The molecule has 0 atom stereocenters. The van der Waals surface area contributed by atoms with Gasteiger partial charge in [0.25, 0.3) is 5.91 Å². The second-order valence-corrected chi connectivity index (χ2v) is 9.57. The molecular formula is C24H20N2O4S2. The van der Waals surface area contributed by atoms with E-state index in [-0.39, 0.29) is 12.7 Å². The highest BCUT2D eigenvalue weighted by atomic mass is 32.2. The van der Waals surface area contributed by atoms with E-state index in [4.69, 9.17) is 14.2 Å². The Labute approximate surface area is 193 Å². The summed E-state index contributed by atoms with van der Waals surface area (Å²) >= 11 is 3.27. The highest BCUT2D eigenvalue weighted by Crippen LogP contribution is 2.34. The van der Waals surface area contributed by atoms with Crippen LogP contribution in [0.3, 0.4) is 0 Å². The van der Waals surface area contributed by atoms with Crippen LogP contribution in [0.25, 0.3) is 10.2 Å². The second-order valence-electron chi connectivity index (χ2n) is 7.19. The Morgan fingerprint density at radius 3 is 2.81 bits per heavy atom. The van der Waals surface area contributed by atoms with Crippen LogP contribution < -0.4 is 19.5 Å². The van der Waals surface area contributed by atoms with Crippen LogP contribution in [0.4, 0.5) is 5.69 Å². The molecule has 0 bridgehead atoms. The van der Waals surface area contributed by atoms with Crippen LogP contribution >= 0.6 is 23.1 Å². The third kappa shape index (κ3) is 4.66. The number of aromatic nitrogens is 1. The molecule has 0 radical (unpaired) electrons. The molecule has 6 nitrogen and oxygen atoms in total. The van der Waals surface area contributed by atoms with Crippen molar-refractivity contribution in [3.05, 3.63) is 71.8 Å². The maximum absolute atomic E-state index is 12.6. The van der Waals surface area contributed by atoms with Crippen LogP contribution in [0, 0.1) is 6.92 Å². The summed E-state index contributed by atoms with van der Waals surface area (Å²) in [5, 5.41) is 2.94. The van der Waals surface area contributed by atoms with E-state index in [1.54, 1.807) is 41.3 Å². The summed E-state index contributed by atoms with van der Waals surface area (Å²) in [4.78, 5) is 17.3. The largest absolute Gasteiger partial charge is 0.493 e. The van der Waals surface area contributed by atoms with E-state index in [2.05, 4.69) is 17.2 Å². The van der Waals surface area contributed by atoms with Gasteiger partial charge in [0.05, 0.1) is 16.8 Å². The average molecular weight is 465 g/mol. The number of hydrogen-bond donors (Lipinski definition) is 1. The van der Waals surface area contributed by atoms with Crippen molar-refractivity contribution < 1.29 is 19.0 Å². The van der Waals surface area contributed by atoms with Crippen molar-refractivity contribution in [1.29, 1.82) is 0 Å². The summed E-state index contributed by atoms with van der Waals surface area (Å²) in [7, 11) is 0. The Hall–Kier alpha value is -3.23. The number of carbonyl (C=O) groups is 1. The first-order valence-corrected chi connectivity index (χ1v) is 11.9. The average Bonchev–Trinajstić information content (AvgIpc) is 3.43. The van der Waals surface area contributed by atoms with Crippen LogP contribution in [0.15, 0.2) is 65.0 Å². The molecule has 0 spiro atoms. The molecule has 1 amide bonds. The quantitative estimate of drug-likeness (QED) is 0.277. The fraction of sp³-hybridized carbons (Fsp3) is 0.167. The standard InChI is InChI=1S/C24H20N2O4S2/c1-15-2-6-18(7-3-15)28-10-11-31-24-26-19-8-5-17(13-22(19)32-24)25-23(27)16-4-9-20-21(12-16)30-14-29-20/h2-9,12-13H,10-11,14H2,1H3,(H,25,27). The molecule has 4 aromatic rings. The van der Waals surface area contributed by atoms with Crippen molar-refractivity contribution in [3.8, 4) is 17.2 Å². The van der Waals surface area contributed by atoms with E-state index in [1.165, 1.54) is 5.56 Å². The first-order chi connectivity index (χ1) is 15.6. The maximum atomic E-state index is 12.6. The van der Waals surface area contributed by atoms with E-state index < -0.39 is 0 Å². The molecule has 162 valence electrons. The van der Waals surface area contributed by atoms with E-state index in [9.17, 15) is 4.79 Å². The number of thioether (sulfide) groups is 1. The lowest BCUT2D eigenvalue weighted by Crippen LogP contribution is -2.11. The Balaban J connectivity index is 1.19. The second kappa shape index (κ2) is 9.10. The van der Waals surface area contributed by atoms with Crippen molar-refractivity contribution in [2.45, 2.75) is 11.3 Å². The Kier molecular flexibility index (Phi) is 5.87. The number of amides is 1. The molecule has 5 rings (SSSR count). The molecule has 3 aromatic carbocycles. The molecule has 2 heterocycles. The van der Waals surface area contributed by atoms with Gasteiger partial charge in [-0.2, -0.15) is 0 Å². The summed E-state index contributed by atoms with van der Waals surface area (Å²) in [6.07, 6.45) is 0. The number of thiazole rings is 1. The predicted molar refractivity (Wildman–Crippen MR) is 128 cm³/mol. The lowest BCUT2D eigenvalue weighted by molar-refractivity contribution is 0.102. The third-order valence-corrected chi connectivity index (χ3v) is 6.99. The number of hydrogen-bond acceptors (Lipinski definition) is 7. The van der Waals surface area contributed by atoms with Gasteiger partial charge in [0.15, 0.2) is 15.8 Å². The lowest BCUT2D eigenvalue weighted by atomic mass is 10.2. The summed E-state index contributed by atoms with van der Waals surface area (Å²) in [5.41, 5.74) is 3.37. The molecule has 0 aliphatic carbocycles. The molecule has 0 saturated carbocycles. The summed E-state index contributed by atoms with van der Waals surface area (Å²) in [5.74, 6) is 2.73. The number of nitrogens with zero attached hydrogens (tertiary/aromatic N) is 1. The zero-order valence-electron chi connectivity index (χ0n) is 17.3. The predicted octanol–water partition coefficient (Wildman–Crippen LogP) is 5.76. The van der Waals surface area contributed by atoms with Crippen LogP contribution in [-0.4, -0.2) is 30.0 Å². The van der Waals surface area contributed by atoms with Gasteiger partial charge in [-0.25, -0.2) is 4.98 Å². The first kappa shape index (κ1) is 20.7. The lowest BCUT2D eigenvalue weighted by Gasteiger charge is -2.06. The maximum Gasteiger partial charge on any atom is 0.255 e. The van der Waals surface area contributed by atoms with Gasteiger partial charge in [0.1, 0.15) is 5.75 Å². The van der Waals surface area contributed by atoms with Gasteiger partial charge in [0.2, 0.25) is 6.79 Å². The van der Waals surface area contributed by atoms with Crippen LogP contribution in [0.2, 0.25) is 0 Å². The van der Waals surface area contributed by atoms with E-state index in [1.807, 2.05) is 42.5 Å². The van der Waals surface area contributed by atoms with E-state index in [0.29, 0.717) is 23.7 Å².